The van der Waals surface area contributed by atoms with Crippen LogP contribution in [0.4, 0.5) is 4.39 Å². The molecule has 1 aromatic heterocycles. The summed E-state index contributed by atoms with van der Waals surface area (Å²) >= 11 is 18.0. The molecule has 0 saturated heterocycles. The van der Waals surface area contributed by atoms with Gasteiger partial charge in [-0.2, -0.15) is 0 Å². The zero-order valence-corrected chi connectivity index (χ0v) is 11.7. The van der Waals surface area contributed by atoms with E-state index in [1.807, 2.05) is 0 Å². The fraction of sp³-hybridized carbons (Fsp3) is 0. The van der Waals surface area contributed by atoms with Crippen LogP contribution < -0.4 is 0 Å². The number of fused-ring (bicyclic) bond motifs is 1. The van der Waals surface area contributed by atoms with Crippen molar-refractivity contribution >= 4 is 45.7 Å². The largest absolute Gasteiger partial charge is 0.361 e. The zero-order chi connectivity index (χ0) is 13.6. The van der Waals surface area contributed by atoms with Gasteiger partial charge in [-0.05, 0) is 24.3 Å². The van der Waals surface area contributed by atoms with Crippen LogP contribution in [0.25, 0.3) is 22.0 Å². The summed E-state index contributed by atoms with van der Waals surface area (Å²) in [5.74, 6) is -0.334. The van der Waals surface area contributed by atoms with Gasteiger partial charge in [0.2, 0.25) is 0 Å². The van der Waals surface area contributed by atoms with Crippen LogP contribution in [0.3, 0.4) is 0 Å². The number of hydrogen-bond donors (Lipinski definition) is 1. The van der Waals surface area contributed by atoms with Crippen LogP contribution in [0.15, 0.2) is 36.5 Å². The molecule has 0 amide bonds. The van der Waals surface area contributed by atoms with Crippen molar-refractivity contribution in [3.05, 3.63) is 57.4 Å². The quantitative estimate of drug-likeness (QED) is 0.535. The predicted octanol–water partition coefficient (Wildman–Crippen LogP) is 5.93. The zero-order valence-electron chi connectivity index (χ0n) is 9.48. The Balaban J connectivity index is 2.30. The number of aromatic nitrogens is 1. The number of H-pyrrole nitrogens is 1. The van der Waals surface area contributed by atoms with Crippen molar-refractivity contribution in [2.24, 2.45) is 0 Å². The summed E-state index contributed by atoms with van der Waals surface area (Å²) in [7, 11) is 0. The van der Waals surface area contributed by atoms with E-state index in [0.717, 1.165) is 5.52 Å². The van der Waals surface area contributed by atoms with Gasteiger partial charge in [0.05, 0.1) is 15.1 Å². The van der Waals surface area contributed by atoms with Crippen molar-refractivity contribution in [1.29, 1.82) is 0 Å². The Hall–Kier alpha value is -1.22. The van der Waals surface area contributed by atoms with Gasteiger partial charge in [0.1, 0.15) is 5.82 Å². The summed E-state index contributed by atoms with van der Waals surface area (Å²) in [5, 5.41) is 1.34. The van der Waals surface area contributed by atoms with Gasteiger partial charge in [0.15, 0.2) is 0 Å². The molecule has 3 rings (SSSR count). The Labute approximate surface area is 123 Å². The summed E-state index contributed by atoms with van der Waals surface area (Å²) in [6, 6.07) is 8.41. The number of nitrogens with one attached hydrogen (secondary N) is 1. The molecule has 0 fully saturated rings. The molecule has 0 unspecified atom stereocenters. The molecule has 0 aliphatic carbocycles. The fourth-order valence-electron chi connectivity index (χ4n) is 2.04. The van der Waals surface area contributed by atoms with E-state index < -0.39 is 0 Å². The molecule has 96 valence electrons. The Kier molecular flexibility index (Phi) is 3.17. The van der Waals surface area contributed by atoms with Gasteiger partial charge in [0.25, 0.3) is 0 Å². The summed E-state index contributed by atoms with van der Waals surface area (Å²) in [4.78, 5) is 2.95. The molecule has 1 nitrogen and oxygen atoms in total. The van der Waals surface area contributed by atoms with Gasteiger partial charge >= 0.3 is 0 Å². The molecule has 0 saturated carbocycles. The maximum absolute atomic E-state index is 14.4. The highest BCUT2D eigenvalue weighted by atomic mass is 35.5. The molecule has 1 N–H and O–H groups in total. The third-order valence-electron chi connectivity index (χ3n) is 2.99. The molecule has 1 heterocycles. The number of aromatic amines is 1. The molecular formula is C14H7Cl3FN. The Morgan fingerprint density at radius 3 is 2.37 bits per heavy atom. The minimum atomic E-state index is -0.334. The van der Waals surface area contributed by atoms with Crippen LogP contribution in [0.5, 0.6) is 0 Å². The Morgan fingerprint density at radius 1 is 0.842 bits per heavy atom. The molecule has 2 aromatic carbocycles. The van der Waals surface area contributed by atoms with Crippen molar-refractivity contribution in [3.8, 4) is 11.1 Å². The topological polar surface area (TPSA) is 15.8 Å². The maximum Gasteiger partial charge on any atom is 0.140 e. The first-order valence-electron chi connectivity index (χ1n) is 5.49. The van der Waals surface area contributed by atoms with E-state index in [1.165, 1.54) is 0 Å². The first kappa shape index (κ1) is 12.8. The fourth-order valence-corrected chi connectivity index (χ4v) is 2.68. The van der Waals surface area contributed by atoms with E-state index in [9.17, 15) is 4.39 Å². The summed E-state index contributed by atoms with van der Waals surface area (Å²) < 4.78 is 14.4. The van der Waals surface area contributed by atoms with Gasteiger partial charge in [-0.3, -0.25) is 0 Å². The minimum absolute atomic E-state index is 0.231. The van der Waals surface area contributed by atoms with Gasteiger partial charge < -0.3 is 4.98 Å². The molecule has 19 heavy (non-hydrogen) atoms. The first-order valence-corrected chi connectivity index (χ1v) is 6.62. The van der Waals surface area contributed by atoms with Crippen LogP contribution in [-0.2, 0) is 0 Å². The summed E-state index contributed by atoms with van der Waals surface area (Å²) in [6.07, 6.45) is 1.69. The Morgan fingerprint density at radius 2 is 1.58 bits per heavy atom. The predicted molar refractivity (Wildman–Crippen MR) is 78.7 cm³/mol. The monoisotopic (exact) mass is 313 g/mol. The number of hydrogen-bond acceptors (Lipinski definition) is 0. The van der Waals surface area contributed by atoms with Crippen LogP contribution in [-0.4, -0.2) is 4.98 Å². The van der Waals surface area contributed by atoms with Crippen LogP contribution >= 0.6 is 34.8 Å². The van der Waals surface area contributed by atoms with E-state index in [0.29, 0.717) is 21.5 Å². The van der Waals surface area contributed by atoms with Crippen molar-refractivity contribution in [1.82, 2.24) is 4.98 Å². The summed E-state index contributed by atoms with van der Waals surface area (Å²) in [5.41, 5.74) is 1.66. The SMILES string of the molecule is Fc1c(-c2ccc(Cl)c(Cl)c2Cl)ccc2[nH]ccc12. The van der Waals surface area contributed by atoms with E-state index in [4.69, 9.17) is 34.8 Å². The molecule has 0 bridgehead atoms. The van der Waals surface area contributed by atoms with Crippen molar-refractivity contribution in [2.45, 2.75) is 0 Å². The maximum atomic E-state index is 14.4. The van der Waals surface area contributed by atoms with Crippen LogP contribution in [0.2, 0.25) is 15.1 Å². The molecule has 0 radical (unpaired) electrons. The van der Waals surface area contributed by atoms with Gasteiger partial charge in [-0.1, -0.05) is 40.9 Å². The number of rotatable bonds is 1. The molecule has 0 atom stereocenters. The molecule has 0 aliphatic heterocycles. The molecule has 0 aliphatic rings. The average molecular weight is 315 g/mol. The van der Waals surface area contributed by atoms with Gasteiger partial charge in [-0.15, -0.1) is 0 Å². The second-order valence-corrected chi connectivity index (χ2v) is 5.25. The first-order chi connectivity index (χ1) is 9.09. The van der Waals surface area contributed by atoms with Gasteiger partial charge in [0, 0.05) is 28.2 Å². The third-order valence-corrected chi connectivity index (χ3v) is 4.29. The lowest BCUT2D eigenvalue weighted by atomic mass is 10.0. The van der Waals surface area contributed by atoms with Gasteiger partial charge in [-0.25, -0.2) is 4.39 Å². The minimum Gasteiger partial charge on any atom is -0.361 e. The number of halogens is 4. The van der Waals surface area contributed by atoms with E-state index in [1.54, 1.807) is 36.5 Å². The lowest BCUT2D eigenvalue weighted by Gasteiger charge is -2.09. The van der Waals surface area contributed by atoms with Crippen LogP contribution in [0.1, 0.15) is 0 Å². The van der Waals surface area contributed by atoms with E-state index in [2.05, 4.69) is 4.98 Å². The standard InChI is InChI=1S/C14H7Cl3FN/c15-10-3-1-7(12(16)13(10)17)8-2-4-11-9(14(8)18)5-6-19-11/h1-6,19H. The van der Waals surface area contributed by atoms with Crippen molar-refractivity contribution in [2.75, 3.05) is 0 Å². The average Bonchev–Trinajstić information content (AvgIpc) is 2.87. The van der Waals surface area contributed by atoms with Crippen molar-refractivity contribution in [3.63, 3.8) is 0 Å². The molecule has 0 spiro atoms. The van der Waals surface area contributed by atoms with Crippen LogP contribution in [0, 0.1) is 5.82 Å². The lowest BCUT2D eigenvalue weighted by molar-refractivity contribution is 0.643. The highest BCUT2D eigenvalue weighted by molar-refractivity contribution is 6.49. The van der Waals surface area contributed by atoms with Crippen molar-refractivity contribution < 1.29 is 4.39 Å². The second kappa shape index (κ2) is 4.71. The van der Waals surface area contributed by atoms with E-state index >= 15 is 0 Å². The number of benzene rings is 2. The highest BCUT2D eigenvalue weighted by Crippen LogP contribution is 2.39. The lowest BCUT2D eigenvalue weighted by Crippen LogP contribution is -1.87. The Bertz CT molecular complexity index is 780. The molecule has 5 heteroatoms. The van der Waals surface area contributed by atoms with E-state index in [-0.39, 0.29) is 15.9 Å². The third kappa shape index (κ3) is 2.00. The molecular weight excluding hydrogens is 308 g/mol. The normalized spacial score (nSPS) is 11.2. The second-order valence-electron chi connectivity index (χ2n) is 4.09. The summed E-state index contributed by atoms with van der Waals surface area (Å²) in [6.45, 7) is 0. The molecule has 3 aromatic rings. The smallest absolute Gasteiger partial charge is 0.140 e. The highest BCUT2D eigenvalue weighted by Gasteiger charge is 2.15.